The van der Waals surface area contributed by atoms with Crippen molar-refractivity contribution in [3.63, 3.8) is 0 Å². The molecule has 9 heteroatoms. The van der Waals surface area contributed by atoms with E-state index in [0.717, 1.165) is 4.47 Å². The van der Waals surface area contributed by atoms with Crippen LogP contribution in [-0.2, 0) is 14.4 Å². The zero-order valence-corrected chi connectivity index (χ0v) is 16.6. The van der Waals surface area contributed by atoms with Crippen molar-refractivity contribution in [2.24, 2.45) is 0 Å². The van der Waals surface area contributed by atoms with Crippen LogP contribution in [-0.4, -0.2) is 34.6 Å². The van der Waals surface area contributed by atoms with Gasteiger partial charge in [0.05, 0.1) is 5.69 Å². The second-order valence-corrected chi connectivity index (χ2v) is 6.99. The maximum atomic E-state index is 12.9. The lowest BCUT2D eigenvalue weighted by Crippen LogP contribution is -2.54. The summed E-state index contributed by atoms with van der Waals surface area (Å²) in [6.07, 6.45) is 1.44. The summed E-state index contributed by atoms with van der Waals surface area (Å²) < 4.78 is 5.90. The first-order valence-electron chi connectivity index (χ1n) is 7.97. The number of benzene rings is 2. The molecule has 2 amide bonds. The fourth-order valence-corrected chi connectivity index (χ4v) is 3.00. The van der Waals surface area contributed by atoms with Crippen LogP contribution < -0.4 is 15.0 Å². The van der Waals surface area contributed by atoms with Crippen LogP contribution in [0.4, 0.5) is 5.69 Å². The Bertz CT molecular complexity index is 986. The van der Waals surface area contributed by atoms with E-state index in [-0.39, 0.29) is 10.7 Å². The summed E-state index contributed by atoms with van der Waals surface area (Å²) in [5.41, 5.74) is 1.03. The lowest BCUT2D eigenvalue weighted by Gasteiger charge is -2.29. The highest BCUT2D eigenvalue weighted by Gasteiger charge is 2.34. The second kappa shape index (κ2) is 8.32. The normalized spacial score (nSPS) is 15.5. The summed E-state index contributed by atoms with van der Waals surface area (Å²) in [5, 5.41) is 11.1. The molecule has 1 fully saturated rings. The van der Waals surface area contributed by atoms with E-state index in [0.29, 0.717) is 17.0 Å². The van der Waals surface area contributed by atoms with Crippen molar-refractivity contribution in [1.82, 2.24) is 5.32 Å². The quantitative estimate of drug-likeness (QED) is 0.404. The van der Waals surface area contributed by atoms with Gasteiger partial charge in [-0.1, -0.05) is 28.1 Å². The molecule has 7 nitrogen and oxygen atoms in total. The fraction of sp³-hybridized carbons (Fsp3) is 0.0526. The van der Waals surface area contributed by atoms with Crippen LogP contribution in [0, 0.1) is 0 Å². The van der Waals surface area contributed by atoms with Crippen LogP contribution in [0.15, 0.2) is 58.6 Å². The number of hydrogen-bond donors (Lipinski definition) is 2. The van der Waals surface area contributed by atoms with Gasteiger partial charge in [-0.15, -0.1) is 0 Å². The van der Waals surface area contributed by atoms with Crippen molar-refractivity contribution in [1.29, 1.82) is 0 Å². The highest BCUT2D eigenvalue weighted by atomic mass is 79.9. The molecular formula is C19H13BrN2O5S. The first-order chi connectivity index (χ1) is 13.3. The van der Waals surface area contributed by atoms with Crippen LogP contribution >= 0.6 is 28.1 Å². The van der Waals surface area contributed by atoms with E-state index in [1.165, 1.54) is 11.0 Å². The van der Waals surface area contributed by atoms with E-state index in [4.69, 9.17) is 22.1 Å². The Morgan fingerprint density at radius 1 is 1.14 bits per heavy atom. The molecule has 0 radical (unpaired) electrons. The van der Waals surface area contributed by atoms with Crippen molar-refractivity contribution in [2.75, 3.05) is 11.5 Å². The predicted molar refractivity (Wildman–Crippen MR) is 110 cm³/mol. The van der Waals surface area contributed by atoms with Gasteiger partial charge in [-0.25, -0.2) is 4.79 Å². The minimum atomic E-state index is -1.08. The number of halogens is 1. The number of carboxylic acid groups (broad SMARTS) is 1. The van der Waals surface area contributed by atoms with Gasteiger partial charge >= 0.3 is 5.97 Å². The molecule has 0 atom stereocenters. The third-order valence-corrected chi connectivity index (χ3v) is 4.55. The van der Waals surface area contributed by atoms with Gasteiger partial charge in [-0.05, 0) is 60.3 Å². The number of aliphatic carboxylic acids is 1. The molecule has 1 heterocycles. The van der Waals surface area contributed by atoms with Crippen LogP contribution in [0.5, 0.6) is 5.75 Å². The van der Waals surface area contributed by atoms with Gasteiger partial charge in [-0.3, -0.25) is 19.8 Å². The Hall–Kier alpha value is -3.04. The first-order valence-corrected chi connectivity index (χ1v) is 9.17. The molecule has 2 N–H and O–H groups in total. The number of anilines is 1. The molecule has 0 aromatic heterocycles. The third-order valence-electron chi connectivity index (χ3n) is 3.74. The molecule has 1 aliphatic heterocycles. The summed E-state index contributed by atoms with van der Waals surface area (Å²) >= 11 is 8.48. The number of amides is 2. The molecular weight excluding hydrogens is 448 g/mol. The lowest BCUT2D eigenvalue weighted by molar-refractivity contribution is -0.139. The van der Waals surface area contributed by atoms with Gasteiger partial charge in [0.2, 0.25) is 0 Å². The monoisotopic (exact) mass is 460 g/mol. The zero-order valence-electron chi connectivity index (χ0n) is 14.2. The molecule has 0 unspecified atom stereocenters. The average molecular weight is 461 g/mol. The summed E-state index contributed by atoms with van der Waals surface area (Å²) in [6, 6.07) is 13.3. The van der Waals surface area contributed by atoms with Gasteiger partial charge in [0.1, 0.15) is 11.3 Å². The largest absolute Gasteiger partial charge is 0.482 e. The Morgan fingerprint density at radius 2 is 1.79 bits per heavy atom. The molecule has 2 aromatic carbocycles. The van der Waals surface area contributed by atoms with Gasteiger partial charge in [0.15, 0.2) is 11.7 Å². The number of hydrogen-bond acceptors (Lipinski definition) is 5. The highest BCUT2D eigenvalue weighted by Crippen LogP contribution is 2.24. The first kappa shape index (κ1) is 19.7. The summed E-state index contributed by atoms with van der Waals surface area (Å²) in [4.78, 5) is 37.0. The van der Waals surface area contributed by atoms with Gasteiger partial charge in [-0.2, -0.15) is 0 Å². The Morgan fingerprint density at radius 3 is 2.39 bits per heavy atom. The number of nitrogens with zero attached hydrogens (tertiary/aromatic N) is 1. The molecule has 0 bridgehead atoms. The van der Waals surface area contributed by atoms with Gasteiger partial charge in [0, 0.05) is 4.47 Å². The lowest BCUT2D eigenvalue weighted by atomic mass is 10.1. The zero-order chi connectivity index (χ0) is 20.3. The number of thiocarbonyl (C=S) groups is 1. The fourth-order valence-electron chi connectivity index (χ4n) is 2.45. The Kier molecular flexibility index (Phi) is 5.86. The summed E-state index contributed by atoms with van der Waals surface area (Å²) in [7, 11) is 0. The maximum Gasteiger partial charge on any atom is 0.341 e. The van der Waals surface area contributed by atoms with E-state index in [1.807, 2.05) is 0 Å². The molecule has 1 saturated heterocycles. The molecule has 3 rings (SSSR count). The molecule has 142 valence electrons. The highest BCUT2D eigenvalue weighted by molar-refractivity contribution is 9.10. The van der Waals surface area contributed by atoms with Crippen LogP contribution in [0.2, 0.25) is 0 Å². The standard InChI is InChI=1S/C19H13BrN2O5S/c20-12-3-5-13(6-4-12)22-18(26)15(17(25)21-19(22)28)9-11-1-7-14(8-2-11)27-10-16(23)24/h1-9H,10H2,(H,23,24)(H,21,25,28)/b15-9+. The average Bonchev–Trinajstić information content (AvgIpc) is 2.66. The molecule has 0 spiro atoms. The van der Waals surface area contributed by atoms with Gasteiger partial charge in [0.25, 0.3) is 11.8 Å². The third kappa shape index (κ3) is 4.44. The molecule has 2 aromatic rings. The molecule has 0 saturated carbocycles. The number of nitrogens with one attached hydrogen (secondary N) is 1. The molecule has 0 aliphatic carbocycles. The van der Waals surface area contributed by atoms with Crippen molar-refractivity contribution in [3.05, 3.63) is 64.1 Å². The summed E-state index contributed by atoms with van der Waals surface area (Å²) in [5.74, 6) is -1.85. The molecule has 28 heavy (non-hydrogen) atoms. The van der Waals surface area contributed by atoms with E-state index >= 15 is 0 Å². The predicted octanol–water partition coefficient (Wildman–Crippen LogP) is 2.74. The van der Waals surface area contributed by atoms with E-state index in [9.17, 15) is 14.4 Å². The second-order valence-electron chi connectivity index (χ2n) is 5.69. The number of carbonyl (C=O) groups excluding carboxylic acids is 2. The van der Waals surface area contributed by atoms with Crippen LogP contribution in [0.1, 0.15) is 5.56 Å². The van der Waals surface area contributed by atoms with Crippen molar-refractivity contribution in [3.8, 4) is 5.75 Å². The van der Waals surface area contributed by atoms with Crippen molar-refractivity contribution >= 4 is 62.8 Å². The van der Waals surface area contributed by atoms with E-state index in [1.54, 1.807) is 48.5 Å². The number of carboxylic acids is 1. The molecule has 1 aliphatic rings. The Balaban J connectivity index is 1.86. The maximum absolute atomic E-state index is 12.9. The Labute approximate surface area is 173 Å². The minimum Gasteiger partial charge on any atom is -0.482 e. The van der Waals surface area contributed by atoms with E-state index in [2.05, 4.69) is 21.2 Å². The van der Waals surface area contributed by atoms with Crippen LogP contribution in [0.25, 0.3) is 6.08 Å². The number of rotatable bonds is 5. The SMILES string of the molecule is O=C(O)COc1ccc(/C=C2\C(=O)NC(=S)N(c3ccc(Br)cc3)C2=O)cc1. The van der Waals surface area contributed by atoms with Crippen LogP contribution in [0.3, 0.4) is 0 Å². The number of ether oxygens (including phenoxy) is 1. The van der Waals surface area contributed by atoms with E-state index < -0.39 is 24.4 Å². The minimum absolute atomic E-state index is 0.00638. The van der Waals surface area contributed by atoms with Crippen molar-refractivity contribution in [2.45, 2.75) is 0 Å². The topological polar surface area (TPSA) is 95.9 Å². The summed E-state index contributed by atoms with van der Waals surface area (Å²) in [6.45, 7) is -0.457. The van der Waals surface area contributed by atoms with Gasteiger partial charge < -0.3 is 9.84 Å². The smallest absolute Gasteiger partial charge is 0.341 e. The van der Waals surface area contributed by atoms with Crippen molar-refractivity contribution < 1.29 is 24.2 Å². The number of carbonyl (C=O) groups is 3.